The monoisotopic (exact) mass is 388 g/mol. The molecule has 10 heteroatoms. The van der Waals surface area contributed by atoms with Crippen LogP contribution in [0.25, 0.3) is 0 Å². The van der Waals surface area contributed by atoms with E-state index in [1.165, 1.54) is 17.0 Å². The number of hydrogen-bond donors (Lipinski definition) is 3. The first-order valence-electron chi connectivity index (χ1n) is 8.31. The van der Waals surface area contributed by atoms with Crippen molar-refractivity contribution in [3.05, 3.63) is 29.8 Å². The molecule has 0 fully saturated rings. The second kappa shape index (κ2) is 9.91. The van der Waals surface area contributed by atoms with E-state index in [9.17, 15) is 27.6 Å². The third-order valence-corrected chi connectivity index (χ3v) is 3.36. The van der Waals surface area contributed by atoms with Gasteiger partial charge >= 0.3 is 12.2 Å². The normalized spacial score (nSPS) is 11.4. The SMILES string of the molecule is CCN(CC(=O)NC(=O)NC(C)C)CC(=O)Nc1ccccc1C(F)(F)F. The van der Waals surface area contributed by atoms with E-state index in [0.717, 1.165) is 12.1 Å². The second-order valence-corrected chi connectivity index (χ2v) is 6.07. The van der Waals surface area contributed by atoms with Crippen LogP contribution in [-0.2, 0) is 15.8 Å². The lowest BCUT2D eigenvalue weighted by Gasteiger charge is -2.20. The van der Waals surface area contributed by atoms with Crippen molar-refractivity contribution >= 4 is 23.5 Å². The van der Waals surface area contributed by atoms with Crippen molar-refractivity contribution in [1.82, 2.24) is 15.5 Å². The summed E-state index contributed by atoms with van der Waals surface area (Å²) < 4.78 is 38.9. The van der Waals surface area contributed by atoms with E-state index in [4.69, 9.17) is 0 Å². The molecule has 1 rings (SSSR count). The number of nitrogens with one attached hydrogen (secondary N) is 3. The van der Waals surface area contributed by atoms with Crippen molar-refractivity contribution in [2.45, 2.75) is 33.0 Å². The van der Waals surface area contributed by atoms with Crippen molar-refractivity contribution < 1.29 is 27.6 Å². The van der Waals surface area contributed by atoms with Crippen LogP contribution < -0.4 is 16.0 Å². The highest BCUT2D eigenvalue weighted by Gasteiger charge is 2.33. The van der Waals surface area contributed by atoms with Crippen LogP contribution in [0.2, 0.25) is 0 Å². The summed E-state index contributed by atoms with van der Waals surface area (Å²) in [5.41, 5.74) is -1.31. The summed E-state index contributed by atoms with van der Waals surface area (Å²) in [7, 11) is 0. The van der Waals surface area contributed by atoms with E-state index in [1.54, 1.807) is 20.8 Å². The molecule has 0 aliphatic heterocycles. The van der Waals surface area contributed by atoms with Crippen molar-refractivity contribution in [3.63, 3.8) is 0 Å². The van der Waals surface area contributed by atoms with E-state index >= 15 is 0 Å². The Morgan fingerprint density at radius 1 is 1.07 bits per heavy atom. The number of anilines is 1. The number of urea groups is 1. The first-order chi connectivity index (χ1) is 12.5. The zero-order valence-corrected chi connectivity index (χ0v) is 15.3. The minimum absolute atomic E-state index is 0.153. The molecular weight excluding hydrogens is 365 g/mol. The van der Waals surface area contributed by atoms with Crippen LogP contribution in [-0.4, -0.2) is 48.4 Å². The molecule has 7 nitrogen and oxygen atoms in total. The number of nitrogens with zero attached hydrogens (tertiary/aromatic N) is 1. The lowest BCUT2D eigenvalue weighted by molar-refractivity contribution is -0.137. The summed E-state index contributed by atoms with van der Waals surface area (Å²) >= 11 is 0. The minimum Gasteiger partial charge on any atom is -0.336 e. The van der Waals surface area contributed by atoms with Gasteiger partial charge in [-0.2, -0.15) is 13.2 Å². The van der Waals surface area contributed by atoms with Crippen LogP contribution in [0.3, 0.4) is 0 Å². The third kappa shape index (κ3) is 8.07. The standard InChI is InChI=1S/C17H23F3N4O3/c1-4-24(10-15(26)23-16(27)21-11(2)3)9-14(25)22-13-8-6-5-7-12(13)17(18,19)20/h5-8,11H,4,9-10H2,1-3H3,(H,22,25)(H2,21,23,26,27). The molecule has 0 spiro atoms. The Balaban J connectivity index is 2.64. The highest BCUT2D eigenvalue weighted by atomic mass is 19.4. The van der Waals surface area contributed by atoms with Crippen LogP contribution >= 0.6 is 0 Å². The molecule has 1 aromatic rings. The Morgan fingerprint density at radius 3 is 2.22 bits per heavy atom. The third-order valence-electron chi connectivity index (χ3n) is 3.36. The molecule has 0 radical (unpaired) electrons. The fourth-order valence-electron chi connectivity index (χ4n) is 2.18. The Labute approximate surface area is 155 Å². The number of hydrogen-bond acceptors (Lipinski definition) is 4. The summed E-state index contributed by atoms with van der Waals surface area (Å²) in [6.45, 7) is 4.86. The predicted molar refractivity (Wildman–Crippen MR) is 94.0 cm³/mol. The maximum atomic E-state index is 13.0. The smallest absolute Gasteiger partial charge is 0.336 e. The molecular formula is C17H23F3N4O3. The second-order valence-electron chi connectivity index (χ2n) is 6.07. The van der Waals surface area contributed by atoms with Gasteiger partial charge in [-0.15, -0.1) is 0 Å². The predicted octanol–water partition coefficient (Wildman–Crippen LogP) is 2.20. The zero-order chi connectivity index (χ0) is 20.6. The summed E-state index contributed by atoms with van der Waals surface area (Å²) in [5, 5.41) is 6.81. The number of rotatable bonds is 7. The molecule has 0 heterocycles. The molecule has 4 amide bonds. The Hall–Kier alpha value is -2.62. The van der Waals surface area contributed by atoms with Gasteiger partial charge in [0.1, 0.15) is 0 Å². The lowest BCUT2D eigenvalue weighted by Crippen LogP contribution is -2.47. The first kappa shape index (κ1) is 22.4. The number of benzene rings is 1. The molecule has 0 bridgehead atoms. The number of amides is 4. The van der Waals surface area contributed by atoms with Gasteiger partial charge < -0.3 is 10.6 Å². The summed E-state index contributed by atoms with van der Waals surface area (Å²) in [6.07, 6.45) is -4.60. The van der Waals surface area contributed by atoms with Crippen molar-refractivity contribution in [2.24, 2.45) is 0 Å². The van der Waals surface area contributed by atoms with E-state index < -0.39 is 29.6 Å². The van der Waals surface area contributed by atoms with Gasteiger partial charge in [0.25, 0.3) is 0 Å². The fraction of sp³-hybridized carbons (Fsp3) is 0.471. The summed E-state index contributed by atoms with van der Waals surface area (Å²) in [6, 6.07) is 3.81. The molecule has 27 heavy (non-hydrogen) atoms. The van der Waals surface area contributed by atoms with Gasteiger partial charge in [0, 0.05) is 6.04 Å². The summed E-state index contributed by atoms with van der Waals surface area (Å²) in [4.78, 5) is 36.8. The first-order valence-corrected chi connectivity index (χ1v) is 8.31. The quantitative estimate of drug-likeness (QED) is 0.668. The average molecular weight is 388 g/mol. The topological polar surface area (TPSA) is 90.5 Å². The van der Waals surface area contributed by atoms with Crippen molar-refractivity contribution in [3.8, 4) is 0 Å². The number of alkyl halides is 3. The lowest BCUT2D eigenvalue weighted by atomic mass is 10.1. The summed E-state index contributed by atoms with van der Waals surface area (Å²) in [5.74, 6) is -1.33. The molecule has 0 saturated carbocycles. The Kier molecular flexibility index (Phi) is 8.23. The van der Waals surface area contributed by atoms with Crippen LogP contribution in [0.1, 0.15) is 26.3 Å². The molecule has 0 aliphatic rings. The van der Waals surface area contributed by atoms with Crippen LogP contribution in [0.5, 0.6) is 0 Å². The van der Waals surface area contributed by atoms with Crippen LogP contribution in [0.4, 0.5) is 23.7 Å². The number of para-hydroxylation sites is 1. The molecule has 0 unspecified atom stereocenters. The van der Waals surface area contributed by atoms with Gasteiger partial charge in [-0.1, -0.05) is 19.1 Å². The van der Waals surface area contributed by atoms with Gasteiger partial charge in [0.15, 0.2) is 0 Å². The highest BCUT2D eigenvalue weighted by molar-refractivity contribution is 5.96. The molecule has 0 atom stereocenters. The van der Waals surface area contributed by atoms with Crippen molar-refractivity contribution in [2.75, 3.05) is 25.0 Å². The molecule has 0 aliphatic carbocycles. The van der Waals surface area contributed by atoms with Gasteiger partial charge in [0.05, 0.1) is 24.3 Å². The number of halogens is 3. The molecule has 1 aromatic carbocycles. The zero-order valence-electron chi connectivity index (χ0n) is 15.3. The van der Waals surface area contributed by atoms with Crippen LogP contribution in [0.15, 0.2) is 24.3 Å². The van der Waals surface area contributed by atoms with E-state index in [1.807, 2.05) is 0 Å². The highest BCUT2D eigenvalue weighted by Crippen LogP contribution is 2.34. The molecule has 0 aromatic heterocycles. The number of imide groups is 1. The Bertz CT molecular complexity index is 678. The van der Waals surface area contributed by atoms with Crippen molar-refractivity contribution in [1.29, 1.82) is 0 Å². The van der Waals surface area contributed by atoms with E-state index in [0.29, 0.717) is 0 Å². The molecule has 150 valence electrons. The van der Waals surface area contributed by atoms with Gasteiger partial charge in [0.2, 0.25) is 11.8 Å². The average Bonchev–Trinajstić information content (AvgIpc) is 2.52. The Morgan fingerprint density at radius 2 is 1.67 bits per heavy atom. The largest absolute Gasteiger partial charge is 0.418 e. The molecule has 3 N–H and O–H groups in total. The van der Waals surface area contributed by atoms with E-state index in [2.05, 4.69) is 16.0 Å². The minimum atomic E-state index is -4.60. The van der Waals surface area contributed by atoms with Crippen LogP contribution in [0, 0.1) is 0 Å². The van der Waals surface area contributed by atoms with Gasteiger partial charge in [-0.3, -0.25) is 19.8 Å². The molecule has 0 saturated heterocycles. The number of likely N-dealkylation sites (N-methyl/N-ethyl adjacent to an activating group) is 1. The fourth-order valence-corrected chi connectivity index (χ4v) is 2.18. The maximum absolute atomic E-state index is 13.0. The maximum Gasteiger partial charge on any atom is 0.418 e. The van der Waals surface area contributed by atoms with Gasteiger partial charge in [-0.05, 0) is 32.5 Å². The number of carbonyl (C=O) groups excluding carboxylic acids is 3. The van der Waals surface area contributed by atoms with E-state index in [-0.39, 0.29) is 31.4 Å². The van der Waals surface area contributed by atoms with Gasteiger partial charge in [-0.25, -0.2) is 4.79 Å². The number of carbonyl (C=O) groups is 3.